The van der Waals surface area contributed by atoms with Gasteiger partial charge in [0.1, 0.15) is 0 Å². The van der Waals surface area contributed by atoms with E-state index in [2.05, 4.69) is 66.0 Å². The first-order valence-corrected chi connectivity index (χ1v) is 8.73. The first-order chi connectivity index (χ1) is 9.38. The Morgan fingerprint density at radius 2 is 1.95 bits per heavy atom. The van der Waals surface area contributed by atoms with Gasteiger partial charge in [-0.25, -0.2) is 0 Å². The molecular weight excluding hydrogens is 272 g/mol. The van der Waals surface area contributed by atoms with E-state index in [1.807, 2.05) is 0 Å². The number of thioether (sulfide) groups is 2. The number of hydrogen-bond acceptors (Lipinski definition) is 3. The van der Waals surface area contributed by atoms with Gasteiger partial charge in [-0.05, 0) is 29.2 Å². The lowest BCUT2D eigenvalue weighted by Crippen LogP contribution is -2.01. The number of fused-ring (bicyclic) bond motifs is 1. The van der Waals surface area contributed by atoms with E-state index in [-0.39, 0.29) is 0 Å². The molecule has 0 radical (unpaired) electrons. The quantitative estimate of drug-likeness (QED) is 0.898. The van der Waals surface area contributed by atoms with Crippen LogP contribution >= 0.6 is 23.5 Å². The molecule has 3 rings (SSSR count). The molecule has 19 heavy (non-hydrogen) atoms. The molecule has 0 bridgehead atoms. The van der Waals surface area contributed by atoms with Gasteiger partial charge in [-0.1, -0.05) is 42.5 Å². The van der Waals surface area contributed by atoms with Crippen molar-refractivity contribution in [3.05, 3.63) is 48.0 Å². The molecule has 3 heteroatoms. The second-order valence-electron chi connectivity index (χ2n) is 4.86. The lowest BCUT2D eigenvalue weighted by atomic mass is 10.1. The summed E-state index contributed by atoms with van der Waals surface area (Å²) in [5, 5.41) is 12.4. The van der Waals surface area contributed by atoms with Crippen molar-refractivity contribution in [2.75, 3.05) is 12.4 Å². The summed E-state index contributed by atoms with van der Waals surface area (Å²) in [7, 11) is 0. The molecule has 1 heterocycles. The van der Waals surface area contributed by atoms with Gasteiger partial charge in [0, 0.05) is 17.6 Å². The summed E-state index contributed by atoms with van der Waals surface area (Å²) in [4.78, 5) is 0. The number of benzene rings is 2. The monoisotopic (exact) mass is 290 g/mol. The average Bonchev–Trinajstić information content (AvgIpc) is 2.93. The first-order valence-electron chi connectivity index (χ1n) is 6.74. The van der Waals surface area contributed by atoms with E-state index in [0.717, 1.165) is 12.8 Å². The maximum atomic E-state index is 8.93. The van der Waals surface area contributed by atoms with Crippen molar-refractivity contribution >= 4 is 34.3 Å². The van der Waals surface area contributed by atoms with Crippen LogP contribution in [0, 0.1) is 0 Å². The van der Waals surface area contributed by atoms with Gasteiger partial charge in [0.15, 0.2) is 0 Å². The Balaban J connectivity index is 1.82. The number of aliphatic hydroxyl groups is 1. The highest BCUT2D eigenvalue weighted by Gasteiger charge is 2.27. The van der Waals surface area contributed by atoms with Gasteiger partial charge in [0.2, 0.25) is 0 Å². The predicted octanol–water partition coefficient (Wildman–Crippen LogP) is 4.46. The SMILES string of the molecule is OCCCC1CS[C@H](c2cccc3ccccc23)S1. The fraction of sp³-hybridized carbons (Fsp3) is 0.375. The minimum Gasteiger partial charge on any atom is -0.396 e. The standard InChI is InChI=1S/C16H18OS2/c17-10-4-7-13-11-18-16(19-13)15-9-3-6-12-5-1-2-8-14(12)15/h1-3,5-6,8-9,13,16-17H,4,7,10-11H2/t13?,16-/m0/s1. The van der Waals surface area contributed by atoms with Crippen LogP contribution in [0.4, 0.5) is 0 Å². The second kappa shape index (κ2) is 6.21. The third-order valence-electron chi connectivity index (χ3n) is 3.51. The minimum absolute atomic E-state index is 0.320. The zero-order chi connectivity index (χ0) is 13.1. The Morgan fingerprint density at radius 1 is 1.11 bits per heavy atom. The molecule has 0 amide bonds. The Labute approximate surface area is 122 Å². The minimum atomic E-state index is 0.320. The molecule has 2 aromatic rings. The summed E-state index contributed by atoms with van der Waals surface area (Å²) in [6, 6.07) is 15.3. The molecule has 1 saturated heterocycles. The van der Waals surface area contributed by atoms with Gasteiger partial charge in [-0.15, -0.1) is 23.5 Å². The third-order valence-corrected chi connectivity index (χ3v) is 6.90. The molecule has 2 atom stereocenters. The van der Waals surface area contributed by atoms with Gasteiger partial charge < -0.3 is 5.11 Å². The molecule has 1 unspecified atom stereocenters. The molecule has 100 valence electrons. The molecule has 2 aromatic carbocycles. The van der Waals surface area contributed by atoms with Crippen molar-refractivity contribution in [2.24, 2.45) is 0 Å². The zero-order valence-electron chi connectivity index (χ0n) is 10.8. The maximum absolute atomic E-state index is 8.93. The fourth-order valence-corrected chi connectivity index (χ4v) is 6.05. The van der Waals surface area contributed by atoms with E-state index in [1.165, 1.54) is 22.1 Å². The van der Waals surface area contributed by atoms with Crippen LogP contribution in [0.1, 0.15) is 23.0 Å². The van der Waals surface area contributed by atoms with Crippen LogP contribution in [0.3, 0.4) is 0 Å². The predicted molar refractivity (Wildman–Crippen MR) is 86.8 cm³/mol. The van der Waals surface area contributed by atoms with Crippen molar-refractivity contribution < 1.29 is 5.11 Å². The van der Waals surface area contributed by atoms with Crippen molar-refractivity contribution in [3.8, 4) is 0 Å². The van der Waals surface area contributed by atoms with Crippen LogP contribution in [0.5, 0.6) is 0 Å². The lowest BCUT2D eigenvalue weighted by Gasteiger charge is -2.13. The molecule has 0 spiro atoms. The van der Waals surface area contributed by atoms with E-state index in [1.54, 1.807) is 0 Å². The normalized spacial score (nSPS) is 23.0. The van der Waals surface area contributed by atoms with Crippen LogP contribution in [0.25, 0.3) is 10.8 Å². The number of rotatable bonds is 4. The molecule has 1 aliphatic heterocycles. The molecule has 0 aromatic heterocycles. The Bertz CT molecular complexity index is 550. The third kappa shape index (κ3) is 2.93. The molecule has 1 fully saturated rings. The summed E-state index contributed by atoms with van der Waals surface area (Å²) in [6.07, 6.45) is 2.07. The van der Waals surface area contributed by atoms with Crippen molar-refractivity contribution in [2.45, 2.75) is 22.7 Å². The lowest BCUT2D eigenvalue weighted by molar-refractivity contribution is 0.285. The largest absolute Gasteiger partial charge is 0.396 e. The van der Waals surface area contributed by atoms with Crippen LogP contribution in [-0.2, 0) is 0 Å². The van der Waals surface area contributed by atoms with Gasteiger partial charge >= 0.3 is 0 Å². The highest BCUT2D eigenvalue weighted by atomic mass is 32.2. The van der Waals surface area contributed by atoms with E-state index < -0.39 is 0 Å². The zero-order valence-corrected chi connectivity index (χ0v) is 12.4. The topological polar surface area (TPSA) is 20.2 Å². The number of aliphatic hydroxyl groups excluding tert-OH is 1. The first kappa shape index (κ1) is 13.3. The van der Waals surface area contributed by atoms with E-state index in [9.17, 15) is 0 Å². The molecule has 1 nitrogen and oxygen atoms in total. The average molecular weight is 290 g/mol. The molecule has 0 saturated carbocycles. The van der Waals surface area contributed by atoms with Crippen LogP contribution in [0.15, 0.2) is 42.5 Å². The van der Waals surface area contributed by atoms with E-state index in [4.69, 9.17) is 5.11 Å². The summed E-state index contributed by atoms with van der Waals surface area (Å²) < 4.78 is 0.551. The Morgan fingerprint density at radius 3 is 2.84 bits per heavy atom. The van der Waals surface area contributed by atoms with Crippen LogP contribution < -0.4 is 0 Å². The Hall–Kier alpha value is -0.640. The van der Waals surface area contributed by atoms with Crippen LogP contribution in [-0.4, -0.2) is 22.7 Å². The molecule has 1 aliphatic rings. The van der Waals surface area contributed by atoms with Gasteiger partial charge in [0.25, 0.3) is 0 Å². The van der Waals surface area contributed by atoms with E-state index in [0.29, 0.717) is 16.4 Å². The second-order valence-corrected chi connectivity index (χ2v) is 7.70. The van der Waals surface area contributed by atoms with Crippen molar-refractivity contribution in [3.63, 3.8) is 0 Å². The summed E-state index contributed by atoms with van der Waals surface area (Å²) >= 11 is 4.12. The van der Waals surface area contributed by atoms with E-state index >= 15 is 0 Å². The van der Waals surface area contributed by atoms with Gasteiger partial charge in [-0.3, -0.25) is 0 Å². The highest BCUT2D eigenvalue weighted by Crippen LogP contribution is 2.51. The van der Waals surface area contributed by atoms with Crippen molar-refractivity contribution in [1.82, 2.24) is 0 Å². The maximum Gasteiger partial charge on any atom is 0.0760 e. The fourth-order valence-electron chi connectivity index (χ4n) is 2.54. The summed E-state index contributed by atoms with van der Waals surface area (Å²) in [5.41, 5.74) is 1.46. The molecule has 0 aliphatic carbocycles. The smallest absolute Gasteiger partial charge is 0.0760 e. The highest BCUT2D eigenvalue weighted by molar-refractivity contribution is 8.19. The van der Waals surface area contributed by atoms with Crippen molar-refractivity contribution in [1.29, 1.82) is 0 Å². The van der Waals surface area contributed by atoms with Gasteiger partial charge in [-0.2, -0.15) is 0 Å². The Kier molecular flexibility index (Phi) is 4.36. The number of hydrogen-bond donors (Lipinski definition) is 1. The summed E-state index contributed by atoms with van der Waals surface area (Å²) in [5.74, 6) is 1.21. The molecular formula is C16H18OS2. The van der Waals surface area contributed by atoms with Crippen LogP contribution in [0.2, 0.25) is 0 Å². The molecule has 1 N–H and O–H groups in total. The summed E-state index contributed by atoms with van der Waals surface area (Å²) in [6.45, 7) is 0.320. The van der Waals surface area contributed by atoms with Gasteiger partial charge in [0.05, 0.1) is 4.58 Å².